The molecule has 0 bridgehead atoms. The highest BCUT2D eigenvalue weighted by molar-refractivity contribution is 5.91. The summed E-state index contributed by atoms with van der Waals surface area (Å²) in [5.74, 6) is 1.42. The first-order valence-corrected chi connectivity index (χ1v) is 11.0. The fraction of sp³-hybridized carbons (Fsp3) is 0.360. The number of hydrogen-bond acceptors (Lipinski definition) is 5. The lowest BCUT2D eigenvalue weighted by Crippen LogP contribution is -2.48. The van der Waals surface area contributed by atoms with E-state index >= 15 is 0 Å². The standard InChI is InChI=1S/C25H30N4O3/c1-19-5-6-24(31-2)23(16-19)27-25(30)29(18-22-4-3-15-32-22)21-9-13-28(14-10-21)17-20-7-11-26-12-8-20/h3-8,11-12,15-16,21H,9-10,13-14,17-18H2,1-2H3,(H,27,30). The number of carbonyl (C=O) groups excluding carboxylic acids is 1. The number of methoxy groups -OCH3 is 1. The molecule has 1 aliphatic heterocycles. The molecule has 4 rings (SSSR count). The molecule has 1 aliphatic rings. The van der Waals surface area contributed by atoms with Gasteiger partial charge in [-0.2, -0.15) is 0 Å². The zero-order chi connectivity index (χ0) is 22.3. The summed E-state index contributed by atoms with van der Waals surface area (Å²) in [5.41, 5.74) is 3.00. The summed E-state index contributed by atoms with van der Waals surface area (Å²) in [7, 11) is 1.61. The van der Waals surface area contributed by atoms with Crippen molar-refractivity contribution in [2.45, 2.75) is 38.9 Å². The molecule has 7 nitrogen and oxygen atoms in total. The van der Waals surface area contributed by atoms with Gasteiger partial charge < -0.3 is 19.4 Å². The number of carbonyl (C=O) groups is 1. The first-order chi connectivity index (χ1) is 15.6. The topological polar surface area (TPSA) is 70.8 Å². The monoisotopic (exact) mass is 434 g/mol. The molecule has 0 unspecified atom stereocenters. The molecule has 2 aromatic heterocycles. The number of hydrogen-bond donors (Lipinski definition) is 1. The lowest BCUT2D eigenvalue weighted by Gasteiger charge is -2.38. The summed E-state index contributed by atoms with van der Waals surface area (Å²) >= 11 is 0. The Morgan fingerprint density at radius 3 is 2.69 bits per heavy atom. The maximum atomic E-state index is 13.4. The lowest BCUT2D eigenvalue weighted by atomic mass is 10.0. The van der Waals surface area contributed by atoms with Crippen LogP contribution in [0.3, 0.4) is 0 Å². The highest BCUT2D eigenvalue weighted by atomic mass is 16.5. The van der Waals surface area contributed by atoms with E-state index in [4.69, 9.17) is 9.15 Å². The van der Waals surface area contributed by atoms with E-state index in [0.29, 0.717) is 18.0 Å². The number of rotatable bonds is 7. The predicted octanol–water partition coefficient (Wildman–Crippen LogP) is 4.69. The highest BCUT2D eigenvalue weighted by Gasteiger charge is 2.29. The minimum Gasteiger partial charge on any atom is -0.495 e. The Kier molecular flexibility index (Phi) is 7.07. The fourth-order valence-electron chi connectivity index (χ4n) is 4.18. The zero-order valence-electron chi connectivity index (χ0n) is 18.7. The van der Waals surface area contributed by atoms with Crippen LogP contribution in [0, 0.1) is 6.92 Å². The maximum absolute atomic E-state index is 13.4. The van der Waals surface area contributed by atoms with Crippen molar-refractivity contribution >= 4 is 11.7 Å². The number of likely N-dealkylation sites (tertiary alicyclic amines) is 1. The molecule has 0 spiro atoms. The Hall–Kier alpha value is -3.32. The van der Waals surface area contributed by atoms with Crippen LogP contribution in [0.1, 0.15) is 29.7 Å². The van der Waals surface area contributed by atoms with E-state index in [1.165, 1.54) is 5.56 Å². The van der Waals surface area contributed by atoms with Gasteiger partial charge in [0.25, 0.3) is 0 Å². The lowest BCUT2D eigenvalue weighted by molar-refractivity contribution is 0.115. The molecule has 3 aromatic rings. The van der Waals surface area contributed by atoms with Crippen LogP contribution in [-0.2, 0) is 13.1 Å². The fourth-order valence-corrected chi connectivity index (χ4v) is 4.18. The molecule has 0 aliphatic carbocycles. The number of pyridine rings is 1. The number of amides is 2. The molecule has 1 aromatic carbocycles. The van der Waals surface area contributed by atoms with E-state index < -0.39 is 0 Å². The molecule has 7 heteroatoms. The van der Waals surface area contributed by atoms with Gasteiger partial charge in [0.15, 0.2) is 0 Å². The number of ether oxygens (including phenoxy) is 1. The Bertz CT molecular complexity index is 999. The molecule has 32 heavy (non-hydrogen) atoms. The maximum Gasteiger partial charge on any atom is 0.322 e. The van der Waals surface area contributed by atoms with Crippen molar-refractivity contribution in [3.63, 3.8) is 0 Å². The average molecular weight is 435 g/mol. The Morgan fingerprint density at radius 2 is 2.00 bits per heavy atom. The smallest absolute Gasteiger partial charge is 0.322 e. The van der Waals surface area contributed by atoms with E-state index in [1.54, 1.807) is 13.4 Å². The van der Waals surface area contributed by atoms with Gasteiger partial charge in [0, 0.05) is 38.1 Å². The summed E-state index contributed by atoms with van der Waals surface area (Å²) in [6, 6.07) is 13.6. The van der Waals surface area contributed by atoms with Crippen LogP contribution in [0.15, 0.2) is 65.5 Å². The molecule has 168 valence electrons. The van der Waals surface area contributed by atoms with Crippen LogP contribution < -0.4 is 10.1 Å². The van der Waals surface area contributed by atoms with Gasteiger partial charge in [-0.25, -0.2) is 4.79 Å². The minimum atomic E-state index is -0.141. The summed E-state index contributed by atoms with van der Waals surface area (Å²) < 4.78 is 11.0. The van der Waals surface area contributed by atoms with Gasteiger partial charge in [-0.05, 0) is 67.3 Å². The Morgan fingerprint density at radius 1 is 1.22 bits per heavy atom. The van der Waals surface area contributed by atoms with E-state index in [1.807, 2.05) is 54.5 Å². The van der Waals surface area contributed by atoms with Gasteiger partial charge in [0.05, 0.1) is 25.6 Å². The van der Waals surface area contributed by atoms with Gasteiger partial charge in [-0.3, -0.25) is 9.88 Å². The summed E-state index contributed by atoms with van der Waals surface area (Å²) in [5, 5.41) is 3.06. The number of anilines is 1. The predicted molar refractivity (Wildman–Crippen MR) is 124 cm³/mol. The summed E-state index contributed by atoms with van der Waals surface area (Å²) in [4.78, 5) is 21.8. The molecule has 1 saturated heterocycles. The molecule has 1 N–H and O–H groups in total. The van der Waals surface area contributed by atoms with Crippen molar-refractivity contribution in [1.29, 1.82) is 0 Å². The normalized spacial score (nSPS) is 14.8. The first kappa shape index (κ1) is 21.9. The molecular weight excluding hydrogens is 404 g/mol. The van der Waals surface area contributed by atoms with Gasteiger partial charge in [0.2, 0.25) is 0 Å². The number of piperidine rings is 1. The number of nitrogens with zero attached hydrogens (tertiary/aromatic N) is 3. The number of benzene rings is 1. The van der Waals surface area contributed by atoms with Crippen molar-refractivity contribution in [3.05, 3.63) is 78.0 Å². The van der Waals surface area contributed by atoms with E-state index in [-0.39, 0.29) is 12.1 Å². The zero-order valence-corrected chi connectivity index (χ0v) is 18.7. The molecular formula is C25H30N4O3. The van der Waals surface area contributed by atoms with Gasteiger partial charge in [0.1, 0.15) is 11.5 Å². The van der Waals surface area contributed by atoms with Crippen molar-refractivity contribution in [1.82, 2.24) is 14.8 Å². The SMILES string of the molecule is COc1ccc(C)cc1NC(=O)N(Cc1ccco1)C1CCN(Cc2ccncc2)CC1. The number of aromatic nitrogens is 1. The van der Waals surface area contributed by atoms with Crippen LogP contribution in [-0.4, -0.2) is 47.1 Å². The van der Waals surface area contributed by atoms with Crippen LogP contribution in [0.4, 0.5) is 10.5 Å². The average Bonchev–Trinajstić information content (AvgIpc) is 3.32. The second-order valence-corrected chi connectivity index (χ2v) is 8.20. The summed E-state index contributed by atoms with van der Waals surface area (Å²) in [6.45, 7) is 5.20. The quantitative estimate of drug-likeness (QED) is 0.584. The largest absolute Gasteiger partial charge is 0.495 e. The number of nitrogens with one attached hydrogen (secondary N) is 1. The van der Waals surface area contributed by atoms with Crippen LogP contribution in [0.2, 0.25) is 0 Å². The van der Waals surface area contributed by atoms with Crippen molar-refractivity contribution in [2.24, 2.45) is 0 Å². The first-order valence-electron chi connectivity index (χ1n) is 11.0. The van der Waals surface area contributed by atoms with Crippen molar-refractivity contribution in [3.8, 4) is 5.75 Å². The number of aryl methyl sites for hydroxylation is 1. The third-order valence-electron chi connectivity index (χ3n) is 5.92. The van der Waals surface area contributed by atoms with Crippen LogP contribution in [0.25, 0.3) is 0 Å². The van der Waals surface area contributed by atoms with Gasteiger partial charge >= 0.3 is 6.03 Å². The minimum absolute atomic E-state index is 0.129. The van der Waals surface area contributed by atoms with Crippen LogP contribution >= 0.6 is 0 Å². The van der Waals surface area contributed by atoms with E-state index in [0.717, 1.165) is 43.8 Å². The summed E-state index contributed by atoms with van der Waals surface area (Å²) in [6.07, 6.45) is 7.12. The third-order valence-corrected chi connectivity index (χ3v) is 5.92. The number of furan rings is 1. The number of urea groups is 1. The molecule has 2 amide bonds. The molecule has 0 atom stereocenters. The second kappa shape index (κ2) is 10.3. The molecule has 0 saturated carbocycles. The van der Waals surface area contributed by atoms with Crippen molar-refractivity contribution < 1.29 is 13.9 Å². The molecule has 1 fully saturated rings. The Labute approximate surface area is 189 Å². The van der Waals surface area contributed by atoms with Gasteiger partial charge in [-0.1, -0.05) is 6.07 Å². The van der Waals surface area contributed by atoms with Crippen molar-refractivity contribution in [2.75, 3.05) is 25.5 Å². The van der Waals surface area contributed by atoms with Crippen LogP contribution in [0.5, 0.6) is 5.75 Å². The van der Waals surface area contributed by atoms with E-state index in [2.05, 4.69) is 27.3 Å². The molecule has 0 radical (unpaired) electrons. The van der Waals surface area contributed by atoms with Gasteiger partial charge in [-0.15, -0.1) is 0 Å². The van der Waals surface area contributed by atoms with E-state index in [9.17, 15) is 4.79 Å². The second-order valence-electron chi connectivity index (χ2n) is 8.20. The molecule has 3 heterocycles. The Balaban J connectivity index is 1.45. The third kappa shape index (κ3) is 5.48. The highest BCUT2D eigenvalue weighted by Crippen LogP contribution is 2.27.